The number of hydrogen-bond acceptors (Lipinski definition) is 2. The van der Waals surface area contributed by atoms with Crippen LogP contribution in [0.4, 0.5) is 11.4 Å². The molecule has 224 valence electrons. The topological polar surface area (TPSA) is 6.48 Å². The maximum absolute atomic E-state index is 7.44. The Balaban J connectivity index is 0.000000722. The van der Waals surface area contributed by atoms with E-state index in [9.17, 15) is 0 Å². The SMILES string of the molecule is C1=C\CC/C=C\CC/1.CC(C)(C)P(C[N]1c2ccccc2[N](C[PH+](C(C)(C)C)C(C)(C)C)[Ge]1[Cl])C(C)(C)C.[Rh]. The molecule has 0 amide bonds. The summed E-state index contributed by atoms with van der Waals surface area (Å²) in [5.74, 6) is 0. The molecule has 1 aliphatic carbocycles. The van der Waals surface area contributed by atoms with Crippen LogP contribution in [0, 0.1) is 0 Å². The van der Waals surface area contributed by atoms with Crippen LogP contribution in [0.2, 0.25) is 0 Å². The van der Waals surface area contributed by atoms with Gasteiger partial charge in [-0.05, 0) is 25.7 Å². The van der Waals surface area contributed by atoms with Crippen LogP contribution in [0.15, 0.2) is 48.6 Å². The summed E-state index contributed by atoms with van der Waals surface area (Å²) in [5, 5.41) is 1.28. The van der Waals surface area contributed by atoms with Crippen molar-refractivity contribution in [2.24, 2.45) is 0 Å². The Labute approximate surface area is 267 Å². The Kier molecular flexibility index (Phi) is 14.8. The summed E-state index contributed by atoms with van der Waals surface area (Å²) in [6.45, 7) is 29.1. The molecule has 0 aromatic heterocycles. The van der Waals surface area contributed by atoms with E-state index in [1.165, 1.54) is 37.1 Å². The second kappa shape index (κ2) is 15.4. The molecule has 0 atom stereocenters. The number of hydrogen-bond donors (Lipinski definition) is 0. The van der Waals surface area contributed by atoms with Crippen molar-refractivity contribution in [3.8, 4) is 0 Å². The van der Waals surface area contributed by atoms with Gasteiger partial charge >= 0.3 is 199 Å². The summed E-state index contributed by atoms with van der Waals surface area (Å²) >= 11 is -2.12. The molecule has 1 heterocycles. The van der Waals surface area contributed by atoms with E-state index in [0.717, 1.165) is 12.6 Å². The average Bonchev–Trinajstić information content (AvgIpc) is 2.97. The Bertz CT molecular complexity index is 826. The van der Waals surface area contributed by atoms with Gasteiger partial charge in [-0.25, -0.2) is 0 Å². The predicted molar refractivity (Wildman–Crippen MR) is 184 cm³/mol. The Morgan fingerprint density at radius 3 is 1.38 bits per heavy atom. The molecule has 0 unspecified atom stereocenters. The molecule has 0 saturated carbocycles. The Morgan fingerprint density at radius 1 is 0.692 bits per heavy atom. The largest absolute Gasteiger partial charge is 0 e. The third-order valence-corrected chi connectivity index (χ3v) is 22.2. The van der Waals surface area contributed by atoms with Crippen LogP contribution < -0.4 is 7.71 Å². The summed E-state index contributed by atoms with van der Waals surface area (Å²) in [6, 6.07) is 9.00. The van der Waals surface area contributed by atoms with E-state index >= 15 is 0 Å². The number of anilines is 2. The maximum Gasteiger partial charge on any atom is 0 e. The van der Waals surface area contributed by atoms with E-state index in [4.69, 9.17) is 10.0 Å². The van der Waals surface area contributed by atoms with E-state index in [0.29, 0.717) is 20.6 Å². The van der Waals surface area contributed by atoms with Crippen molar-refractivity contribution in [1.82, 2.24) is 0 Å². The van der Waals surface area contributed by atoms with E-state index in [1.807, 2.05) is 0 Å². The van der Waals surface area contributed by atoms with Crippen molar-refractivity contribution < 1.29 is 19.5 Å². The number of rotatable bonds is 4. The second-order valence-electron chi connectivity index (χ2n) is 14.8. The van der Waals surface area contributed by atoms with Crippen molar-refractivity contribution >= 4 is 51.1 Å². The molecule has 0 fully saturated rings. The quantitative estimate of drug-likeness (QED) is 0.172. The molecule has 0 spiro atoms. The van der Waals surface area contributed by atoms with Crippen LogP contribution >= 0.6 is 25.9 Å². The monoisotopic (exact) mass is 743 g/mol. The molecule has 2 radical (unpaired) electrons. The fourth-order valence-electron chi connectivity index (χ4n) is 5.74. The number of nitrogens with zero attached hydrogens (tertiary/aromatic N) is 2. The minimum Gasteiger partial charge on any atom is 0 e. The summed E-state index contributed by atoms with van der Waals surface area (Å²) < 4.78 is 5.32. The van der Waals surface area contributed by atoms with Gasteiger partial charge in [-0.1, -0.05) is 24.3 Å². The molecule has 0 bridgehead atoms. The first-order valence-corrected chi connectivity index (χ1v) is 22.3. The van der Waals surface area contributed by atoms with Crippen LogP contribution in [0.3, 0.4) is 0 Å². The number of allylic oxidation sites excluding steroid dienone is 4. The zero-order valence-electron chi connectivity index (χ0n) is 26.9. The third-order valence-electron chi connectivity index (χ3n) is 7.27. The van der Waals surface area contributed by atoms with Gasteiger partial charge in [0.25, 0.3) is 0 Å². The first-order chi connectivity index (χ1) is 17.3. The van der Waals surface area contributed by atoms with Crippen molar-refractivity contribution in [2.75, 3.05) is 20.3 Å². The van der Waals surface area contributed by atoms with E-state index in [1.54, 1.807) is 0 Å². The summed E-state index contributed by atoms with van der Waals surface area (Å²) in [4.78, 5) is 0. The average molecular weight is 743 g/mol. The van der Waals surface area contributed by atoms with Crippen molar-refractivity contribution in [2.45, 2.75) is 129 Å². The predicted octanol–water partition coefficient (Wildman–Crippen LogP) is 11.0. The number of halogens is 1. The van der Waals surface area contributed by atoms with Gasteiger partial charge in [-0.2, -0.15) is 0 Å². The standard InChI is InChI=1S/C24H44ClGeN2P2.C8H12.Rh/c1-21(2,3)29(22(4,5)6)17-27-19-15-13-14-16-20(19)28(26(27)25)18-30(23(7,8)9)24(10,11)12;1-2-4-6-8-7-5-3-1;/h13-16H,17-18H2,1-12H3;1-2,7-8H,3-6H2;/p+1/b;2-1-,8-7-;. The number of fused-ring (bicyclic) bond motifs is 1. The molecule has 0 N–H and O–H groups in total. The maximum atomic E-state index is 7.44. The number of benzene rings is 1. The van der Waals surface area contributed by atoms with Crippen LogP contribution in [0.25, 0.3) is 0 Å². The summed E-state index contributed by atoms with van der Waals surface area (Å²) in [7, 11) is 6.54. The molecular weight excluding hydrogens is 685 g/mol. The van der Waals surface area contributed by atoms with E-state index < -0.39 is 21.8 Å². The van der Waals surface area contributed by atoms with Gasteiger partial charge in [0.05, 0.1) is 0 Å². The molecule has 3 rings (SSSR count). The van der Waals surface area contributed by atoms with Crippen LogP contribution in [-0.4, -0.2) is 47.1 Å². The number of para-hydroxylation sites is 2. The van der Waals surface area contributed by atoms with Crippen LogP contribution in [0.5, 0.6) is 0 Å². The summed E-state index contributed by atoms with van der Waals surface area (Å²) in [5.41, 5.74) is 2.77. The van der Waals surface area contributed by atoms with Gasteiger partial charge in [-0.15, -0.1) is 0 Å². The molecule has 1 aliphatic heterocycles. The van der Waals surface area contributed by atoms with Crippen LogP contribution in [-0.2, 0) is 19.5 Å². The minimum absolute atomic E-state index is 0. The van der Waals surface area contributed by atoms with Crippen molar-refractivity contribution in [3.63, 3.8) is 0 Å². The fraction of sp³-hybridized carbons (Fsp3) is 0.688. The second-order valence-corrected chi connectivity index (χ2v) is 28.0. The Hall–Kier alpha value is 0.616. The van der Waals surface area contributed by atoms with E-state index in [-0.39, 0.29) is 27.4 Å². The molecule has 1 aromatic rings. The van der Waals surface area contributed by atoms with Gasteiger partial charge in [0, 0.05) is 19.5 Å². The van der Waals surface area contributed by atoms with E-state index in [2.05, 4.69) is 139 Å². The van der Waals surface area contributed by atoms with Gasteiger partial charge in [-0.3, -0.25) is 0 Å². The fourth-order valence-corrected chi connectivity index (χ4v) is 21.4. The first kappa shape index (κ1) is 37.6. The minimum atomic E-state index is -2.12. The summed E-state index contributed by atoms with van der Waals surface area (Å²) in [6.07, 6.45) is 16.3. The molecule has 7 heteroatoms. The molecule has 2 aliphatic rings. The molecule has 0 saturated heterocycles. The zero-order valence-corrected chi connectivity index (χ0v) is 33.3. The molecule has 39 heavy (non-hydrogen) atoms. The van der Waals surface area contributed by atoms with Gasteiger partial charge in [0.15, 0.2) is 0 Å². The smallest absolute Gasteiger partial charge is 0 e. The van der Waals surface area contributed by atoms with Crippen molar-refractivity contribution in [3.05, 3.63) is 48.6 Å². The van der Waals surface area contributed by atoms with Crippen molar-refractivity contribution in [1.29, 1.82) is 0 Å². The molecular formula is C32H57ClGeN2P2Rh+. The third kappa shape index (κ3) is 11.3. The molecule has 2 nitrogen and oxygen atoms in total. The van der Waals surface area contributed by atoms with Gasteiger partial charge in [0.2, 0.25) is 0 Å². The Morgan fingerprint density at radius 2 is 1.05 bits per heavy atom. The molecule has 1 aromatic carbocycles. The normalized spacial score (nSPS) is 18.6. The van der Waals surface area contributed by atoms with Gasteiger partial charge < -0.3 is 0 Å². The zero-order chi connectivity index (χ0) is 28.9. The van der Waals surface area contributed by atoms with Crippen LogP contribution in [0.1, 0.15) is 109 Å². The van der Waals surface area contributed by atoms with Gasteiger partial charge in [0.1, 0.15) is 0 Å². The first-order valence-electron chi connectivity index (χ1n) is 14.5.